The smallest absolute Gasteiger partial charge is 0.325 e. The van der Waals surface area contributed by atoms with Gasteiger partial charge in [0.05, 0.1) is 19.1 Å². The average Bonchev–Trinajstić information content (AvgIpc) is 2.21. The molecule has 0 aromatic rings. The van der Waals surface area contributed by atoms with Crippen molar-refractivity contribution in [2.75, 3.05) is 13.2 Å². The van der Waals surface area contributed by atoms with Gasteiger partial charge in [-0.15, -0.1) is 0 Å². The summed E-state index contributed by atoms with van der Waals surface area (Å²) in [5.41, 5.74) is 5.26. The summed E-state index contributed by atoms with van der Waals surface area (Å²) in [6.45, 7) is 1.83. The molecule has 4 N–H and O–H groups in total. The molecule has 0 radical (unpaired) electrons. The number of carbonyl (C=O) groups excluding carboxylic acids is 2. The maximum absolute atomic E-state index is 11.1. The van der Waals surface area contributed by atoms with Gasteiger partial charge in [-0.3, -0.25) is 14.4 Å². The van der Waals surface area contributed by atoms with Crippen LogP contribution < -0.4 is 11.1 Å². The number of carboxylic acid groups (broad SMARTS) is 1. The molecule has 0 saturated heterocycles. The van der Waals surface area contributed by atoms with E-state index in [0.717, 1.165) is 0 Å². The van der Waals surface area contributed by atoms with Crippen molar-refractivity contribution >= 4 is 17.8 Å². The Morgan fingerprint density at radius 1 is 1.44 bits per heavy atom. The Morgan fingerprint density at radius 2 is 2.06 bits per heavy atom. The largest absolute Gasteiger partial charge is 0.481 e. The molecular formula is C9H16N2O5. The molecule has 0 aromatic carbocycles. The highest BCUT2D eigenvalue weighted by Crippen LogP contribution is 1.88. The van der Waals surface area contributed by atoms with Crippen molar-refractivity contribution in [3.63, 3.8) is 0 Å². The molecule has 0 aromatic heterocycles. The van der Waals surface area contributed by atoms with Crippen molar-refractivity contribution in [3.8, 4) is 0 Å². The average molecular weight is 232 g/mol. The van der Waals surface area contributed by atoms with Crippen LogP contribution >= 0.6 is 0 Å². The van der Waals surface area contributed by atoms with Crippen molar-refractivity contribution in [2.45, 2.75) is 25.8 Å². The monoisotopic (exact) mass is 232 g/mol. The minimum atomic E-state index is -1.17. The Balaban J connectivity index is 3.79. The van der Waals surface area contributed by atoms with Crippen LogP contribution in [0.3, 0.4) is 0 Å². The van der Waals surface area contributed by atoms with Gasteiger partial charge in [-0.25, -0.2) is 0 Å². The van der Waals surface area contributed by atoms with Crippen LogP contribution in [0.25, 0.3) is 0 Å². The summed E-state index contributed by atoms with van der Waals surface area (Å²) in [6.07, 6.45) is 0.216. The lowest BCUT2D eigenvalue weighted by Gasteiger charge is -2.09. The van der Waals surface area contributed by atoms with E-state index in [0.29, 0.717) is 6.42 Å². The molecule has 0 heterocycles. The van der Waals surface area contributed by atoms with Gasteiger partial charge < -0.3 is 20.9 Å². The molecule has 0 aliphatic carbocycles. The van der Waals surface area contributed by atoms with Crippen LogP contribution in [0.2, 0.25) is 0 Å². The maximum atomic E-state index is 11.1. The molecule has 0 rings (SSSR count). The lowest BCUT2D eigenvalue weighted by molar-refractivity contribution is -0.144. The minimum Gasteiger partial charge on any atom is -0.481 e. The van der Waals surface area contributed by atoms with Crippen LogP contribution in [-0.4, -0.2) is 42.1 Å². The molecule has 0 spiro atoms. The molecule has 7 nitrogen and oxygen atoms in total. The van der Waals surface area contributed by atoms with Crippen LogP contribution in [0.1, 0.15) is 19.8 Å². The number of hydrogen-bond acceptors (Lipinski definition) is 5. The first kappa shape index (κ1) is 14.4. The third-order valence-corrected chi connectivity index (χ3v) is 1.61. The zero-order valence-electron chi connectivity index (χ0n) is 9.06. The highest BCUT2D eigenvalue weighted by atomic mass is 16.5. The number of aliphatic carboxylic acids is 1. The molecule has 1 amide bonds. The molecule has 1 atom stereocenters. The fraction of sp³-hybridized carbons (Fsp3) is 0.667. The standard InChI is InChI=1S/C9H16N2O5/c1-2-3-16-8(14)5-11-9(15)6(10)4-7(12)13/h6H,2-5,10H2,1H3,(H,11,15)(H,12,13)/t6-/m0/s1. The Morgan fingerprint density at radius 3 is 2.56 bits per heavy atom. The Hall–Kier alpha value is -1.63. The molecular weight excluding hydrogens is 216 g/mol. The molecule has 16 heavy (non-hydrogen) atoms. The van der Waals surface area contributed by atoms with E-state index in [1.54, 1.807) is 0 Å². The normalized spacial score (nSPS) is 11.6. The minimum absolute atomic E-state index is 0.288. The van der Waals surface area contributed by atoms with Crippen molar-refractivity contribution in [3.05, 3.63) is 0 Å². The van der Waals surface area contributed by atoms with Gasteiger partial charge in [0, 0.05) is 0 Å². The maximum Gasteiger partial charge on any atom is 0.325 e. The summed E-state index contributed by atoms with van der Waals surface area (Å²) in [6, 6.07) is -1.16. The van der Waals surface area contributed by atoms with E-state index < -0.39 is 30.3 Å². The zero-order chi connectivity index (χ0) is 12.6. The van der Waals surface area contributed by atoms with E-state index in [9.17, 15) is 14.4 Å². The first-order chi connectivity index (χ1) is 7.47. The molecule has 0 saturated carbocycles. The number of carbonyl (C=O) groups is 3. The number of amides is 1. The Bertz CT molecular complexity index is 267. The van der Waals surface area contributed by atoms with E-state index in [1.807, 2.05) is 6.92 Å². The number of carboxylic acids is 1. The molecule has 7 heteroatoms. The van der Waals surface area contributed by atoms with Crippen molar-refractivity contribution in [2.24, 2.45) is 5.73 Å². The lowest BCUT2D eigenvalue weighted by atomic mass is 10.2. The van der Waals surface area contributed by atoms with Crippen molar-refractivity contribution in [1.82, 2.24) is 5.32 Å². The van der Waals surface area contributed by atoms with Gasteiger partial charge in [-0.2, -0.15) is 0 Å². The third kappa shape index (κ3) is 6.77. The SMILES string of the molecule is CCCOC(=O)CNC(=O)[C@@H](N)CC(=O)O. The van der Waals surface area contributed by atoms with E-state index in [2.05, 4.69) is 5.32 Å². The van der Waals surface area contributed by atoms with Gasteiger partial charge in [0.15, 0.2) is 0 Å². The number of hydrogen-bond donors (Lipinski definition) is 3. The highest BCUT2D eigenvalue weighted by molar-refractivity contribution is 5.88. The van der Waals surface area contributed by atoms with Crippen LogP contribution in [0, 0.1) is 0 Å². The molecule has 0 unspecified atom stereocenters. The van der Waals surface area contributed by atoms with Gasteiger partial charge in [0.25, 0.3) is 0 Å². The van der Waals surface area contributed by atoms with Crippen molar-refractivity contribution in [1.29, 1.82) is 0 Å². The second kappa shape index (κ2) is 7.63. The fourth-order valence-corrected chi connectivity index (χ4v) is 0.838. The Kier molecular flexibility index (Phi) is 6.86. The summed E-state index contributed by atoms with van der Waals surface area (Å²) >= 11 is 0. The summed E-state index contributed by atoms with van der Waals surface area (Å²) < 4.78 is 4.69. The predicted molar refractivity (Wildman–Crippen MR) is 54.5 cm³/mol. The van der Waals surface area contributed by atoms with Gasteiger partial charge in [0.1, 0.15) is 6.54 Å². The fourth-order valence-electron chi connectivity index (χ4n) is 0.838. The number of rotatable bonds is 7. The summed E-state index contributed by atoms with van der Waals surface area (Å²) in [7, 11) is 0. The second-order valence-electron chi connectivity index (χ2n) is 3.14. The summed E-state index contributed by atoms with van der Waals surface area (Å²) in [5, 5.41) is 10.6. The highest BCUT2D eigenvalue weighted by Gasteiger charge is 2.17. The van der Waals surface area contributed by atoms with Crippen molar-refractivity contribution < 1.29 is 24.2 Å². The van der Waals surface area contributed by atoms with E-state index >= 15 is 0 Å². The summed E-state index contributed by atoms with van der Waals surface area (Å²) in [4.78, 5) is 32.3. The van der Waals surface area contributed by atoms with Crippen LogP contribution in [0.5, 0.6) is 0 Å². The lowest BCUT2D eigenvalue weighted by Crippen LogP contribution is -2.44. The number of ether oxygens (including phenoxy) is 1. The molecule has 0 aliphatic heterocycles. The van der Waals surface area contributed by atoms with Crippen LogP contribution in [0.15, 0.2) is 0 Å². The van der Waals surface area contributed by atoms with Crippen LogP contribution in [0.4, 0.5) is 0 Å². The van der Waals surface area contributed by atoms with Gasteiger partial charge >= 0.3 is 11.9 Å². The molecule has 0 bridgehead atoms. The van der Waals surface area contributed by atoms with E-state index in [4.69, 9.17) is 15.6 Å². The molecule has 0 fully saturated rings. The van der Waals surface area contributed by atoms with Crippen LogP contribution in [-0.2, 0) is 19.1 Å². The van der Waals surface area contributed by atoms with Gasteiger partial charge in [-0.05, 0) is 6.42 Å². The number of nitrogens with one attached hydrogen (secondary N) is 1. The number of nitrogens with two attached hydrogens (primary N) is 1. The third-order valence-electron chi connectivity index (χ3n) is 1.61. The molecule has 92 valence electrons. The van der Waals surface area contributed by atoms with Gasteiger partial charge in [-0.1, -0.05) is 6.92 Å². The predicted octanol–water partition coefficient (Wildman–Crippen LogP) is -1.14. The number of esters is 1. The Labute approximate surface area is 92.9 Å². The molecule has 0 aliphatic rings. The summed E-state index contributed by atoms with van der Waals surface area (Å²) in [5.74, 6) is -2.43. The van der Waals surface area contributed by atoms with Gasteiger partial charge in [0.2, 0.25) is 5.91 Å². The first-order valence-corrected chi connectivity index (χ1v) is 4.88. The van der Waals surface area contributed by atoms with E-state index in [-0.39, 0.29) is 13.2 Å². The first-order valence-electron chi connectivity index (χ1n) is 4.88. The second-order valence-corrected chi connectivity index (χ2v) is 3.14. The zero-order valence-corrected chi connectivity index (χ0v) is 9.06. The van der Waals surface area contributed by atoms with E-state index in [1.165, 1.54) is 0 Å². The topological polar surface area (TPSA) is 119 Å². The quantitative estimate of drug-likeness (QED) is 0.477.